The summed E-state index contributed by atoms with van der Waals surface area (Å²) < 4.78 is 6.73. The zero-order valence-electron chi connectivity index (χ0n) is 12.0. The molecule has 2 aromatic rings. The summed E-state index contributed by atoms with van der Waals surface area (Å²) in [6, 6.07) is -0.588. The molecule has 1 unspecified atom stereocenters. The Morgan fingerprint density at radius 3 is 2.85 bits per heavy atom. The van der Waals surface area contributed by atoms with Crippen molar-refractivity contribution in [3.8, 4) is 0 Å². The summed E-state index contributed by atoms with van der Waals surface area (Å²) in [6.07, 6.45) is 1.48. The Kier molecular flexibility index (Phi) is 4.02. The molecule has 8 nitrogen and oxygen atoms in total. The van der Waals surface area contributed by atoms with E-state index in [1.54, 1.807) is 18.5 Å². The van der Waals surface area contributed by atoms with E-state index in [-0.39, 0.29) is 12.1 Å². The highest BCUT2D eigenvalue weighted by Gasteiger charge is 2.17. The molecule has 0 aliphatic carbocycles. The van der Waals surface area contributed by atoms with Gasteiger partial charge in [-0.25, -0.2) is 14.5 Å². The summed E-state index contributed by atoms with van der Waals surface area (Å²) in [6.45, 7) is 8.03. The van der Waals surface area contributed by atoms with Gasteiger partial charge in [0, 0.05) is 6.54 Å². The molecule has 108 valence electrons. The maximum absolute atomic E-state index is 12.0. The average Bonchev–Trinajstić information content (AvgIpc) is 3.00. The van der Waals surface area contributed by atoms with Crippen LogP contribution in [0.3, 0.4) is 0 Å². The smallest absolute Gasteiger partial charge is 0.319 e. The lowest BCUT2D eigenvalue weighted by molar-refractivity contribution is 0.248. The van der Waals surface area contributed by atoms with Gasteiger partial charge in [0.25, 0.3) is 0 Å². The number of aromatic nitrogens is 4. The predicted octanol–water partition coefficient (Wildman–Crippen LogP) is 1.79. The lowest BCUT2D eigenvalue weighted by Gasteiger charge is -2.14. The number of anilines is 1. The first-order valence-corrected chi connectivity index (χ1v) is 6.41. The number of carbonyl (C=O) groups is 1. The van der Waals surface area contributed by atoms with Crippen LogP contribution in [0.2, 0.25) is 0 Å². The number of nitrogens with zero attached hydrogens (tertiary/aromatic N) is 4. The van der Waals surface area contributed by atoms with Gasteiger partial charge in [0.05, 0.1) is 6.04 Å². The molecule has 1 atom stereocenters. The highest BCUT2D eigenvalue weighted by atomic mass is 16.5. The summed E-state index contributed by atoms with van der Waals surface area (Å²) >= 11 is 0. The third-order valence-electron chi connectivity index (χ3n) is 2.95. The Labute approximate surface area is 116 Å². The van der Waals surface area contributed by atoms with Crippen LogP contribution in [0.4, 0.5) is 10.5 Å². The van der Waals surface area contributed by atoms with Crippen LogP contribution < -0.4 is 10.6 Å². The third kappa shape index (κ3) is 2.79. The summed E-state index contributed by atoms with van der Waals surface area (Å²) in [5.41, 5.74) is 1.23. The summed E-state index contributed by atoms with van der Waals surface area (Å²) in [5.74, 6) is 1.28. The Hall–Kier alpha value is -2.38. The van der Waals surface area contributed by atoms with E-state index in [9.17, 15) is 4.79 Å². The molecule has 2 N–H and O–H groups in total. The van der Waals surface area contributed by atoms with E-state index in [2.05, 4.69) is 25.9 Å². The monoisotopic (exact) mass is 278 g/mol. The van der Waals surface area contributed by atoms with E-state index in [0.717, 1.165) is 0 Å². The van der Waals surface area contributed by atoms with Gasteiger partial charge in [-0.15, -0.1) is 0 Å². The lowest BCUT2D eigenvalue weighted by atomic mass is 10.3. The fraction of sp³-hybridized carbons (Fsp3) is 0.500. The Morgan fingerprint density at radius 2 is 2.25 bits per heavy atom. The number of carbonyl (C=O) groups excluding carboxylic acids is 1. The van der Waals surface area contributed by atoms with Crippen molar-refractivity contribution in [3.05, 3.63) is 23.6 Å². The fourth-order valence-corrected chi connectivity index (χ4v) is 1.92. The highest BCUT2D eigenvalue weighted by Crippen LogP contribution is 2.18. The molecule has 0 bridgehead atoms. The van der Waals surface area contributed by atoms with Crippen molar-refractivity contribution in [2.24, 2.45) is 0 Å². The van der Waals surface area contributed by atoms with Crippen molar-refractivity contribution in [1.82, 2.24) is 25.2 Å². The minimum Gasteiger partial charge on any atom is -0.359 e. The van der Waals surface area contributed by atoms with Crippen LogP contribution in [0.5, 0.6) is 0 Å². The number of rotatable bonds is 4. The van der Waals surface area contributed by atoms with Gasteiger partial charge in [0.2, 0.25) is 0 Å². The molecule has 2 rings (SSSR count). The fourth-order valence-electron chi connectivity index (χ4n) is 1.92. The molecule has 0 saturated carbocycles. The second-order valence-corrected chi connectivity index (χ2v) is 4.45. The zero-order chi connectivity index (χ0) is 14.7. The molecule has 0 aromatic carbocycles. The molecule has 0 aliphatic heterocycles. The summed E-state index contributed by atoms with van der Waals surface area (Å²) in [4.78, 5) is 16.1. The Balaban J connectivity index is 2.01. The van der Waals surface area contributed by atoms with E-state index < -0.39 is 0 Å². The summed E-state index contributed by atoms with van der Waals surface area (Å²) in [7, 11) is 0. The van der Waals surface area contributed by atoms with Gasteiger partial charge in [-0.2, -0.15) is 5.10 Å². The lowest BCUT2D eigenvalue weighted by Crippen LogP contribution is -2.33. The third-order valence-corrected chi connectivity index (χ3v) is 2.95. The molecule has 20 heavy (non-hydrogen) atoms. The minimum absolute atomic E-state index is 0.252. The van der Waals surface area contributed by atoms with Crippen molar-refractivity contribution < 1.29 is 9.32 Å². The molecule has 2 amide bonds. The number of nitrogens with one attached hydrogen (secondary N) is 2. The van der Waals surface area contributed by atoms with Gasteiger partial charge in [-0.3, -0.25) is 0 Å². The molecular formula is C12H18N6O2. The van der Waals surface area contributed by atoms with Crippen LogP contribution in [0, 0.1) is 13.8 Å². The van der Waals surface area contributed by atoms with E-state index in [4.69, 9.17) is 4.52 Å². The van der Waals surface area contributed by atoms with E-state index >= 15 is 0 Å². The molecule has 2 heterocycles. The number of hydrogen-bond donors (Lipinski definition) is 2. The maximum Gasteiger partial charge on any atom is 0.319 e. The minimum atomic E-state index is -0.336. The van der Waals surface area contributed by atoms with E-state index in [1.807, 2.05) is 13.8 Å². The van der Waals surface area contributed by atoms with Gasteiger partial charge in [-0.05, 0) is 27.7 Å². The molecular weight excluding hydrogens is 260 g/mol. The van der Waals surface area contributed by atoms with Crippen molar-refractivity contribution in [1.29, 1.82) is 0 Å². The van der Waals surface area contributed by atoms with Gasteiger partial charge in [0.1, 0.15) is 23.5 Å². The summed E-state index contributed by atoms with van der Waals surface area (Å²) in [5, 5.41) is 13.4. The van der Waals surface area contributed by atoms with Crippen molar-refractivity contribution >= 4 is 11.7 Å². The number of urea groups is 1. The highest BCUT2D eigenvalue weighted by molar-refractivity contribution is 5.90. The molecule has 0 aliphatic rings. The Morgan fingerprint density at radius 1 is 1.50 bits per heavy atom. The van der Waals surface area contributed by atoms with Crippen LogP contribution >= 0.6 is 0 Å². The van der Waals surface area contributed by atoms with Crippen molar-refractivity contribution in [2.45, 2.75) is 40.3 Å². The maximum atomic E-state index is 12.0. The van der Waals surface area contributed by atoms with Crippen molar-refractivity contribution in [3.63, 3.8) is 0 Å². The van der Waals surface area contributed by atoms with Gasteiger partial charge < -0.3 is 15.2 Å². The first-order chi connectivity index (χ1) is 9.52. The molecule has 8 heteroatoms. The first kappa shape index (κ1) is 14.0. The molecule has 0 radical (unpaired) electrons. The largest absolute Gasteiger partial charge is 0.359 e. The molecule has 0 fully saturated rings. The second kappa shape index (κ2) is 5.72. The molecule has 2 aromatic heterocycles. The van der Waals surface area contributed by atoms with Crippen LogP contribution in [0.15, 0.2) is 10.9 Å². The average molecular weight is 278 g/mol. The zero-order valence-corrected chi connectivity index (χ0v) is 12.0. The van der Waals surface area contributed by atoms with Crippen molar-refractivity contribution in [2.75, 3.05) is 5.32 Å². The van der Waals surface area contributed by atoms with E-state index in [1.165, 1.54) is 6.33 Å². The number of hydrogen-bond acceptors (Lipinski definition) is 5. The topological polar surface area (TPSA) is 97.9 Å². The number of amides is 2. The van der Waals surface area contributed by atoms with Gasteiger partial charge in [0.15, 0.2) is 5.76 Å². The SMILES string of the molecule is CCn1ncnc1C(C)NC(=O)Nc1c(C)noc1C. The van der Waals surface area contributed by atoms with Crippen LogP contribution in [0.1, 0.15) is 37.2 Å². The standard InChI is InChI=1S/C12H18N6O2/c1-5-18-11(13-6-14-18)8(3)15-12(19)16-10-7(2)17-20-9(10)4/h6,8H,5H2,1-4H3,(H2,15,16,19). The molecule has 0 spiro atoms. The van der Waals surface area contributed by atoms with Gasteiger partial charge >= 0.3 is 6.03 Å². The normalized spacial score (nSPS) is 12.2. The van der Waals surface area contributed by atoms with Gasteiger partial charge in [-0.1, -0.05) is 5.16 Å². The quantitative estimate of drug-likeness (QED) is 0.888. The number of aryl methyl sites for hydroxylation is 3. The van der Waals surface area contributed by atoms with Crippen LogP contribution in [0.25, 0.3) is 0 Å². The van der Waals surface area contributed by atoms with Crippen LogP contribution in [-0.4, -0.2) is 26.0 Å². The van der Waals surface area contributed by atoms with E-state index in [0.29, 0.717) is 29.5 Å². The second-order valence-electron chi connectivity index (χ2n) is 4.45. The predicted molar refractivity (Wildman–Crippen MR) is 72.2 cm³/mol. The molecule has 0 saturated heterocycles. The van der Waals surface area contributed by atoms with Crippen LogP contribution in [-0.2, 0) is 6.54 Å². The first-order valence-electron chi connectivity index (χ1n) is 6.41. The Bertz CT molecular complexity index is 583.